The summed E-state index contributed by atoms with van der Waals surface area (Å²) in [5, 5.41) is 8.01. The molecule has 0 unspecified atom stereocenters. The summed E-state index contributed by atoms with van der Waals surface area (Å²) < 4.78 is 4.33. The standard InChI is InChI=1S/C5H8O4.Ca.2H/c1-2-9-5(8)3-4(6)7;;;/h2-3H2,1H3,(H,6,7);;;/q;+2;2*-1. The van der Waals surface area contributed by atoms with E-state index in [1.54, 1.807) is 6.92 Å². The molecule has 0 amide bonds. The molecule has 0 aliphatic rings. The molecule has 0 aromatic carbocycles. The average Bonchev–Trinajstić information content (AvgIpc) is 1.63. The molecule has 0 aliphatic heterocycles. The molecule has 1 N–H and O–H groups in total. The van der Waals surface area contributed by atoms with Crippen LogP contribution in [0.4, 0.5) is 0 Å². The molecule has 0 aromatic rings. The predicted octanol–water partition coefficient (Wildman–Crippen LogP) is -0.132. The van der Waals surface area contributed by atoms with Crippen molar-refractivity contribution < 1.29 is 22.3 Å². The molecule has 10 heavy (non-hydrogen) atoms. The van der Waals surface area contributed by atoms with Crippen molar-refractivity contribution in [3.05, 3.63) is 0 Å². The molecular formula is C5H10CaO4. The third-order valence-electron chi connectivity index (χ3n) is 0.601. The Kier molecular flexibility index (Phi) is 9.38. The van der Waals surface area contributed by atoms with Crippen LogP contribution in [0.3, 0.4) is 0 Å². The molecular weight excluding hydrogens is 164 g/mol. The Morgan fingerprint density at radius 3 is 2.40 bits per heavy atom. The molecule has 56 valence electrons. The van der Waals surface area contributed by atoms with E-state index in [1.807, 2.05) is 0 Å². The topological polar surface area (TPSA) is 63.6 Å². The van der Waals surface area contributed by atoms with Crippen LogP contribution in [0, 0.1) is 0 Å². The van der Waals surface area contributed by atoms with Crippen molar-refractivity contribution in [3.63, 3.8) is 0 Å². The number of hydrogen-bond donors (Lipinski definition) is 1. The van der Waals surface area contributed by atoms with Gasteiger partial charge in [0.2, 0.25) is 0 Å². The minimum Gasteiger partial charge on any atom is -1.00 e. The van der Waals surface area contributed by atoms with E-state index in [0.29, 0.717) is 0 Å². The van der Waals surface area contributed by atoms with Crippen LogP contribution in [-0.2, 0) is 14.3 Å². The van der Waals surface area contributed by atoms with Crippen LogP contribution in [0.1, 0.15) is 16.2 Å². The van der Waals surface area contributed by atoms with E-state index in [1.165, 1.54) is 0 Å². The second-order valence-electron chi connectivity index (χ2n) is 1.38. The molecule has 0 saturated heterocycles. The van der Waals surface area contributed by atoms with E-state index in [2.05, 4.69) is 4.74 Å². The Balaban J connectivity index is -0.000000107. The van der Waals surface area contributed by atoms with Crippen molar-refractivity contribution in [2.24, 2.45) is 0 Å². The smallest absolute Gasteiger partial charge is 1.00 e. The van der Waals surface area contributed by atoms with Crippen molar-refractivity contribution in [1.29, 1.82) is 0 Å². The first-order valence-corrected chi connectivity index (χ1v) is 2.54. The maximum absolute atomic E-state index is 10.3. The van der Waals surface area contributed by atoms with Gasteiger partial charge in [-0.15, -0.1) is 0 Å². The number of carboxylic acid groups (broad SMARTS) is 1. The fourth-order valence-electron chi connectivity index (χ4n) is 0.335. The number of carbonyl (C=O) groups is 2. The normalized spacial score (nSPS) is 7.70. The molecule has 0 aliphatic carbocycles. The summed E-state index contributed by atoms with van der Waals surface area (Å²) in [6.45, 7) is 1.85. The van der Waals surface area contributed by atoms with Crippen LogP contribution >= 0.6 is 0 Å². The van der Waals surface area contributed by atoms with Crippen molar-refractivity contribution in [2.45, 2.75) is 13.3 Å². The molecule has 0 radical (unpaired) electrons. The van der Waals surface area contributed by atoms with Crippen LogP contribution in [0.25, 0.3) is 0 Å². The van der Waals surface area contributed by atoms with Gasteiger partial charge in [-0.2, -0.15) is 0 Å². The van der Waals surface area contributed by atoms with Crippen molar-refractivity contribution in [3.8, 4) is 0 Å². The summed E-state index contributed by atoms with van der Waals surface area (Å²) in [7, 11) is 0. The maximum Gasteiger partial charge on any atom is 2.00 e. The van der Waals surface area contributed by atoms with E-state index in [0.717, 1.165) is 0 Å². The molecule has 0 heterocycles. The van der Waals surface area contributed by atoms with Gasteiger partial charge in [-0.1, -0.05) is 0 Å². The number of rotatable bonds is 3. The monoisotopic (exact) mass is 174 g/mol. The Hall–Kier alpha value is 0.200. The zero-order valence-corrected chi connectivity index (χ0v) is 8.00. The molecule has 0 aromatic heterocycles. The van der Waals surface area contributed by atoms with Gasteiger partial charge < -0.3 is 12.7 Å². The predicted molar refractivity (Wildman–Crippen MR) is 36.9 cm³/mol. The van der Waals surface area contributed by atoms with Crippen LogP contribution in [0.5, 0.6) is 0 Å². The molecule has 0 saturated carbocycles. The Morgan fingerprint density at radius 2 is 2.10 bits per heavy atom. The minimum atomic E-state index is -1.16. The number of carbonyl (C=O) groups excluding carboxylic acids is 1. The van der Waals surface area contributed by atoms with Gasteiger partial charge in [0.05, 0.1) is 6.61 Å². The second kappa shape index (κ2) is 7.31. The average molecular weight is 174 g/mol. The zero-order chi connectivity index (χ0) is 7.28. The fraction of sp³-hybridized carbons (Fsp3) is 0.600. The molecule has 4 nitrogen and oxygen atoms in total. The fourth-order valence-corrected chi connectivity index (χ4v) is 0.335. The van der Waals surface area contributed by atoms with E-state index in [-0.39, 0.29) is 47.2 Å². The molecule has 0 bridgehead atoms. The third kappa shape index (κ3) is 8.20. The van der Waals surface area contributed by atoms with E-state index < -0.39 is 18.4 Å². The zero-order valence-electron chi connectivity index (χ0n) is 7.79. The van der Waals surface area contributed by atoms with E-state index in [4.69, 9.17) is 5.11 Å². The Bertz CT molecular complexity index is 131. The summed E-state index contributed by atoms with van der Waals surface area (Å²) in [5.74, 6) is -1.85. The summed E-state index contributed by atoms with van der Waals surface area (Å²) in [4.78, 5) is 20.0. The number of carboxylic acids is 1. The maximum atomic E-state index is 10.3. The van der Waals surface area contributed by atoms with Gasteiger partial charge in [-0.05, 0) is 6.92 Å². The van der Waals surface area contributed by atoms with Crippen LogP contribution in [0.15, 0.2) is 0 Å². The van der Waals surface area contributed by atoms with E-state index in [9.17, 15) is 9.59 Å². The second-order valence-corrected chi connectivity index (χ2v) is 1.38. The number of aliphatic carboxylic acids is 1. The largest absolute Gasteiger partial charge is 2.00 e. The third-order valence-corrected chi connectivity index (χ3v) is 0.601. The van der Waals surface area contributed by atoms with Crippen LogP contribution < -0.4 is 0 Å². The quantitative estimate of drug-likeness (QED) is 0.368. The number of ether oxygens (including phenoxy) is 1. The summed E-state index contributed by atoms with van der Waals surface area (Å²) in [6, 6.07) is 0. The first kappa shape index (κ1) is 12.8. The number of hydrogen-bond acceptors (Lipinski definition) is 3. The van der Waals surface area contributed by atoms with E-state index >= 15 is 0 Å². The first-order valence-electron chi connectivity index (χ1n) is 2.54. The minimum absolute atomic E-state index is 0. The van der Waals surface area contributed by atoms with Crippen molar-refractivity contribution in [1.82, 2.24) is 0 Å². The van der Waals surface area contributed by atoms with Crippen LogP contribution in [0.2, 0.25) is 0 Å². The Labute approximate surface area is 91.5 Å². The van der Waals surface area contributed by atoms with Crippen LogP contribution in [-0.4, -0.2) is 61.4 Å². The van der Waals surface area contributed by atoms with Gasteiger partial charge in [0.1, 0.15) is 6.42 Å². The first-order chi connectivity index (χ1) is 4.16. The summed E-state index contributed by atoms with van der Waals surface area (Å²) >= 11 is 0. The van der Waals surface area contributed by atoms with Gasteiger partial charge >= 0.3 is 49.7 Å². The van der Waals surface area contributed by atoms with Crippen molar-refractivity contribution in [2.75, 3.05) is 6.61 Å². The Morgan fingerprint density at radius 1 is 1.60 bits per heavy atom. The van der Waals surface area contributed by atoms with Crippen molar-refractivity contribution >= 4 is 49.7 Å². The molecule has 0 rings (SSSR count). The molecule has 0 fully saturated rings. The number of esters is 1. The summed E-state index contributed by atoms with van der Waals surface area (Å²) in [6.07, 6.45) is -0.548. The molecule has 0 atom stereocenters. The summed E-state index contributed by atoms with van der Waals surface area (Å²) in [5.41, 5.74) is 0. The van der Waals surface area contributed by atoms with Gasteiger partial charge in [-0.25, -0.2) is 0 Å². The molecule has 5 heteroatoms. The van der Waals surface area contributed by atoms with Gasteiger partial charge in [0, 0.05) is 0 Å². The molecule has 0 spiro atoms. The SMILES string of the molecule is CCOC(=O)CC(=O)O.[Ca+2].[H-].[H-]. The van der Waals surface area contributed by atoms with Gasteiger partial charge in [-0.3, -0.25) is 9.59 Å². The van der Waals surface area contributed by atoms with Gasteiger partial charge in [0.15, 0.2) is 0 Å². The van der Waals surface area contributed by atoms with Gasteiger partial charge in [0.25, 0.3) is 0 Å².